The molecule has 0 saturated heterocycles. The molecule has 0 aromatic heterocycles. The van der Waals surface area contributed by atoms with Crippen LogP contribution >= 0.6 is 0 Å². The van der Waals surface area contributed by atoms with E-state index >= 15 is 0 Å². The summed E-state index contributed by atoms with van der Waals surface area (Å²) in [5.74, 6) is 0.720. The van der Waals surface area contributed by atoms with Crippen LogP contribution in [0.5, 0.6) is 5.75 Å². The highest BCUT2D eigenvalue weighted by atomic mass is 16.5. The molecule has 1 rings (SSSR count). The van der Waals surface area contributed by atoms with Crippen molar-refractivity contribution < 1.29 is 9.47 Å². The third-order valence-electron chi connectivity index (χ3n) is 2.80. The first-order chi connectivity index (χ1) is 8.67. The van der Waals surface area contributed by atoms with Gasteiger partial charge in [-0.05, 0) is 31.5 Å². The zero-order valence-electron chi connectivity index (χ0n) is 11.1. The Morgan fingerprint density at radius 1 is 1.28 bits per heavy atom. The maximum atomic E-state index is 8.42. The van der Waals surface area contributed by atoms with Gasteiger partial charge in [-0.2, -0.15) is 5.26 Å². The van der Waals surface area contributed by atoms with Gasteiger partial charge in [0.25, 0.3) is 0 Å². The lowest BCUT2D eigenvalue weighted by Gasteiger charge is -2.17. The van der Waals surface area contributed by atoms with Crippen molar-refractivity contribution in [2.24, 2.45) is 0 Å². The molecular formula is C14H20N2O2. The first-order valence-electron chi connectivity index (χ1n) is 6.03. The van der Waals surface area contributed by atoms with Crippen molar-refractivity contribution >= 4 is 0 Å². The number of hydrogen-bond acceptors (Lipinski definition) is 4. The molecule has 2 unspecified atom stereocenters. The van der Waals surface area contributed by atoms with Crippen molar-refractivity contribution in [2.75, 3.05) is 20.3 Å². The minimum atomic E-state index is 0.0818. The fourth-order valence-corrected chi connectivity index (χ4v) is 1.51. The summed E-state index contributed by atoms with van der Waals surface area (Å²) in [4.78, 5) is 0. The van der Waals surface area contributed by atoms with E-state index in [0.29, 0.717) is 0 Å². The molecule has 0 bridgehead atoms. The maximum absolute atomic E-state index is 8.42. The number of ether oxygens (including phenoxy) is 2. The minimum Gasteiger partial charge on any atom is -0.479 e. The summed E-state index contributed by atoms with van der Waals surface area (Å²) in [6, 6.07) is 9.96. The molecule has 18 heavy (non-hydrogen) atoms. The van der Waals surface area contributed by atoms with E-state index in [2.05, 4.69) is 12.2 Å². The van der Waals surface area contributed by atoms with Crippen molar-refractivity contribution in [1.29, 1.82) is 5.26 Å². The summed E-state index contributed by atoms with van der Waals surface area (Å²) in [5, 5.41) is 11.8. The predicted molar refractivity (Wildman–Crippen MR) is 70.4 cm³/mol. The fourth-order valence-electron chi connectivity index (χ4n) is 1.51. The van der Waals surface area contributed by atoms with E-state index in [9.17, 15) is 0 Å². The van der Waals surface area contributed by atoms with Crippen LogP contribution in [0, 0.1) is 11.3 Å². The van der Waals surface area contributed by atoms with Crippen molar-refractivity contribution in [3.8, 4) is 11.8 Å². The van der Waals surface area contributed by atoms with Crippen LogP contribution in [0.1, 0.15) is 25.5 Å². The number of rotatable bonds is 7. The normalized spacial score (nSPS) is 13.7. The lowest BCUT2D eigenvalue weighted by atomic mass is 10.1. The zero-order valence-corrected chi connectivity index (χ0v) is 11.1. The van der Waals surface area contributed by atoms with Gasteiger partial charge in [0.05, 0.1) is 6.10 Å². The Balaban J connectivity index is 2.48. The van der Waals surface area contributed by atoms with Gasteiger partial charge in [-0.3, -0.25) is 0 Å². The van der Waals surface area contributed by atoms with Crippen LogP contribution in [0.2, 0.25) is 0 Å². The van der Waals surface area contributed by atoms with Gasteiger partial charge in [0.15, 0.2) is 6.61 Å². The van der Waals surface area contributed by atoms with E-state index in [-0.39, 0.29) is 18.8 Å². The molecule has 4 nitrogen and oxygen atoms in total. The van der Waals surface area contributed by atoms with Crippen LogP contribution in [0.3, 0.4) is 0 Å². The summed E-state index contributed by atoms with van der Waals surface area (Å²) in [5.41, 5.74) is 1.18. The Morgan fingerprint density at radius 2 is 1.94 bits per heavy atom. The lowest BCUT2D eigenvalue weighted by molar-refractivity contribution is 0.115. The molecule has 1 aromatic carbocycles. The van der Waals surface area contributed by atoms with Crippen molar-refractivity contribution in [2.45, 2.75) is 26.0 Å². The summed E-state index contributed by atoms with van der Waals surface area (Å²) >= 11 is 0. The van der Waals surface area contributed by atoms with Crippen LogP contribution in [-0.2, 0) is 4.74 Å². The Morgan fingerprint density at radius 3 is 2.50 bits per heavy atom. The molecule has 0 spiro atoms. The molecule has 0 aliphatic carbocycles. The summed E-state index contributed by atoms with van der Waals surface area (Å²) in [6.45, 7) is 5.02. The van der Waals surface area contributed by atoms with Gasteiger partial charge in [0, 0.05) is 19.7 Å². The van der Waals surface area contributed by atoms with E-state index in [1.165, 1.54) is 5.56 Å². The number of nitriles is 1. The second kappa shape index (κ2) is 7.70. The number of nitrogens with zero attached hydrogens (tertiary/aromatic N) is 1. The van der Waals surface area contributed by atoms with Gasteiger partial charge < -0.3 is 14.8 Å². The number of methoxy groups -OCH3 is 1. The van der Waals surface area contributed by atoms with E-state index in [4.69, 9.17) is 14.7 Å². The van der Waals surface area contributed by atoms with Crippen LogP contribution in [-0.4, -0.2) is 26.4 Å². The Hall–Kier alpha value is -1.57. The van der Waals surface area contributed by atoms with E-state index in [1.807, 2.05) is 37.3 Å². The molecule has 1 N–H and O–H groups in total. The van der Waals surface area contributed by atoms with Crippen LogP contribution in [0.4, 0.5) is 0 Å². The topological polar surface area (TPSA) is 54.3 Å². The molecule has 2 atom stereocenters. The van der Waals surface area contributed by atoms with Crippen LogP contribution in [0.15, 0.2) is 24.3 Å². The number of nitrogens with one attached hydrogen (secondary N) is 1. The SMILES string of the molecule is COC(C)CNC(C)c1ccc(OCC#N)cc1. The first kappa shape index (κ1) is 14.5. The highest BCUT2D eigenvalue weighted by molar-refractivity contribution is 5.29. The predicted octanol–water partition coefficient (Wildman–Crippen LogP) is 2.27. The fraction of sp³-hybridized carbons (Fsp3) is 0.500. The molecule has 0 radical (unpaired) electrons. The monoisotopic (exact) mass is 248 g/mol. The Labute approximate surface area is 109 Å². The third kappa shape index (κ3) is 4.74. The highest BCUT2D eigenvalue weighted by Gasteiger charge is 2.07. The molecule has 0 saturated carbocycles. The van der Waals surface area contributed by atoms with Gasteiger partial charge in [-0.15, -0.1) is 0 Å². The Bertz CT molecular complexity index is 384. The van der Waals surface area contributed by atoms with Crippen LogP contribution < -0.4 is 10.1 Å². The van der Waals surface area contributed by atoms with Gasteiger partial charge >= 0.3 is 0 Å². The van der Waals surface area contributed by atoms with Crippen molar-refractivity contribution in [3.63, 3.8) is 0 Å². The quantitative estimate of drug-likeness (QED) is 0.804. The van der Waals surface area contributed by atoms with Crippen molar-refractivity contribution in [1.82, 2.24) is 5.32 Å². The van der Waals surface area contributed by atoms with E-state index < -0.39 is 0 Å². The van der Waals surface area contributed by atoms with E-state index in [0.717, 1.165) is 12.3 Å². The average molecular weight is 248 g/mol. The average Bonchev–Trinajstić information content (AvgIpc) is 2.42. The highest BCUT2D eigenvalue weighted by Crippen LogP contribution is 2.17. The third-order valence-corrected chi connectivity index (χ3v) is 2.80. The Kier molecular flexibility index (Phi) is 6.20. The van der Waals surface area contributed by atoms with E-state index in [1.54, 1.807) is 7.11 Å². The van der Waals surface area contributed by atoms with Gasteiger partial charge in [0.2, 0.25) is 0 Å². The number of benzene rings is 1. The molecule has 0 heterocycles. The molecule has 1 aromatic rings. The summed E-state index contributed by atoms with van der Waals surface area (Å²) < 4.78 is 10.4. The van der Waals surface area contributed by atoms with Crippen LogP contribution in [0.25, 0.3) is 0 Å². The number of hydrogen-bond donors (Lipinski definition) is 1. The smallest absolute Gasteiger partial charge is 0.174 e. The molecule has 98 valence electrons. The second-order valence-corrected chi connectivity index (χ2v) is 4.19. The molecule has 4 heteroatoms. The molecule has 0 fully saturated rings. The second-order valence-electron chi connectivity index (χ2n) is 4.19. The molecule has 0 amide bonds. The largest absolute Gasteiger partial charge is 0.479 e. The molecule has 0 aliphatic heterocycles. The summed E-state index contributed by atoms with van der Waals surface area (Å²) in [7, 11) is 1.71. The van der Waals surface area contributed by atoms with Gasteiger partial charge in [0.1, 0.15) is 11.8 Å². The molecular weight excluding hydrogens is 228 g/mol. The van der Waals surface area contributed by atoms with Gasteiger partial charge in [-0.25, -0.2) is 0 Å². The first-order valence-corrected chi connectivity index (χ1v) is 6.03. The summed E-state index contributed by atoms with van der Waals surface area (Å²) in [6.07, 6.45) is 0.200. The van der Waals surface area contributed by atoms with Gasteiger partial charge in [-0.1, -0.05) is 12.1 Å². The standard InChI is InChI=1S/C14H20N2O2/c1-11(17-3)10-16-12(2)13-4-6-14(7-5-13)18-9-8-15/h4-7,11-12,16H,9-10H2,1-3H3. The lowest BCUT2D eigenvalue weighted by Crippen LogP contribution is -2.28. The molecule has 0 aliphatic rings. The van der Waals surface area contributed by atoms with Crippen molar-refractivity contribution in [3.05, 3.63) is 29.8 Å². The zero-order chi connectivity index (χ0) is 13.4. The maximum Gasteiger partial charge on any atom is 0.174 e. The minimum absolute atomic E-state index is 0.0818.